The molecule has 0 radical (unpaired) electrons. The van der Waals surface area contributed by atoms with Gasteiger partial charge in [-0.3, -0.25) is 14.4 Å². The second-order valence-corrected chi connectivity index (χ2v) is 9.89. The third-order valence-electron chi connectivity index (χ3n) is 7.65. The van der Waals surface area contributed by atoms with Crippen molar-refractivity contribution in [1.82, 2.24) is 5.32 Å². The first-order valence-electron chi connectivity index (χ1n) is 11.5. The molecule has 1 saturated carbocycles. The van der Waals surface area contributed by atoms with Gasteiger partial charge in [0.15, 0.2) is 11.9 Å². The van der Waals surface area contributed by atoms with Gasteiger partial charge >= 0.3 is 11.9 Å². The molecule has 1 spiro atoms. The molecule has 2 N–H and O–H groups in total. The molecule has 0 aromatic rings. The van der Waals surface area contributed by atoms with Gasteiger partial charge < -0.3 is 24.6 Å². The number of esters is 1. The molecule has 4 saturated heterocycles. The van der Waals surface area contributed by atoms with Crippen molar-refractivity contribution in [2.75, 3.05) is 0 Å². The lowest BCUT2D eigenvalue weighted by Gasteiger charge is -2.59. The summed E-state index contributed by atoms with van der Waals surface area (Å²) in [6.07, 6.45) is 1.64. The molecule has 0 unspecified atom stereocenters. The van der Waals surface area contributed by atoms with Crippen molar-refractivity contribution in [3.63, 3.8) is 0 Å². The van der Waals surface area contributed by atoms with Crippen LogP contribution in [0.15, 0.2) is 0 Å². The average Bonchev–Trinajstić information content (AvgIpc) is 2.96. The number of aliphatic carboxylic acids is 1. The van der Waals surface area contributed by atoms with Gasteiger partial charge in [-0.05, 0) is 44.9 Å². The van der Waals surface area contributed by atoms with E-state index in [2.05, 4.69) is 12.2 Å². The van der Waals surface area contributed by atoms with E-state index >= 15 is 0 Å². The summed E-state index contributed by atoms with van der Waals surface area (Å²) < 4.78 is 18.0. The molecule has 10 nitrogen and oxygen atoms in total. The van der Waals surface area contributed by atoms with Gasteiger partial charge in [-0.1, -0.05) is 13.8 Å². The van der Waals surface area contributed by atoms with E-state index in [4.69, 9.17) is 29.1 Å². The lowest BCUT2D eigenvalue weighted by atomic mass is 9.58. The van der Waals surface area contributed by atoms with Gasteiger partial charge in [-0.25, -0.2) is 9.78 Å². The first-order chi connectivity index (χ1) is 15.1. The highest BCUT2D eigenvalue weighted by atomic mass is 17.3. The lowest BCUT2D eigenvalue weighted by molar-refractivity contribution is -0.576. The van der Waals surface area contributed by atoms with E-state index in [-0.39, 0.29) is 30.6 Å². The number of fused-ring (bicyclic) bond motifs is 2. The molecule has 4 heterocycles. The Bertz CT molecular complexity index is 775. The van der Waals surface area contributed by atoms with E-state index in [0.717, 1.165) is 19.3 Å². The molecule has 2 bridgehead atoms. The normalized spacial score (nSPS) is 43.5. The highest BCUT2D eigenvalue weighted by Crippen LogP contribution is 2.60. The maximum atomic E-state index is 12.5. The number of hydrogen-bond donors (Lipinski definition) is 2. The largest absolute Gasteiger partial charge is 0.480 e. The molecular formula is C22H33NO9. The van der Waals surface area contributed by atoms with Crippen LogP contribution in [0.3, 0.4) is 0 Å². The van der Waals surface area contributed by atoms with Gasteiger partial charge in [0, 0.05) is 24.7 Å². The van der Waals surface area contributed by atoms with Crippen LogP contribution in [0.5, 0.6) is 0 Å². The number of carboxylic acids is 1. The quantitative estimate of drug-likeness (QED) is 0.457. The molecule has 1 amide bonds. The van der Waals surface area contributed by atoms with Crippen LogP contribution in [0.1, 0.15) is 66.2 Å². The van der Waals surface area contributed by atoms with Gasteiger partial charge in [0.2, 0.25) is 18.0 Å². The van der Waals surface area contributed by atoms with Gasteiger partial charge in [-0.15, -0.1) is 0 Å². The predicted octanol–water partition coefficient (Wildman–Crippen LogP) is 2.11. The van der Waals surface area contributed by atoms with Crippen LogP contribution in [0.2, 0.25) is 0 Å². The Morgan fingerprint density at radius 2 is 1.88 bits per heavy atom. The molecule has 0 aromatic heterocycles. The third-order valence-corrected chi connectivity index (χ3v) is 7.65. The maximum Gasteiger partial charge on any atom is 0.325 e. The first-order valence-corrected chi connectivity index (χ1v) is 11.5. The van der Waals surface area contributed by atoms with Crippen LogP contribution < -0.4 is 5.32 Å². The fraction of sp³-hybridized carbons (Fsp3) is 0.864. The highest BCUT2D eigenvalue weighted by Gasteiger charge is 2.69. The molecule has 4 aliphatic heterocycles. The van der Waals surface area contributed by atoms with Crippen LogP contribution in [0.4, 0.5) is 0 Å². The van der Waals surface area contributed by atoms with Gasteiger partial charge in [0.05, 0.1) is 6.42 Å². The highest BCUT2D eigenvalue weighted by molar-refractivity contribution is 5.85. The standard InChI is InChI=1S/C22H33NO9/c1-11-5-6-15-12(2)19(28-17(25)8-7-16(24)23-13(3)18(26)27)29-20-22(15)14(11)9-10-21(4,30-20)31-32-22/h11-15,19-20H,5-10H2,1-4H3,(H,23,24)(H,26,27)/t11-,12-,13-,14+,15+,19-,20-,21+,22-/m1/s1. The monoisotopic (exact) mass is 455 g/mol. The van der Waals surface area contributed by atoms with Gasteiger partial charge in [-0.2, -0.15) is 0 Å². The molecule has 0 aromatic carbocycles. The van der Waals surface area contributed by atoms with Crippen molar-refractivity contribution in [2.45, 2.75) is 96.2 Å². The molecule has 5 aliphatic rings. The summed E-state index contributed by atoms with van der Waals surface area (Å²) in [4.78, 5) is 47.0. The van der Waals surface area contributed by atoms with Crippen LogP contribution in [0.25, 0.3) is 0 Å². The van der Waals surface area contributed by atoms with Crippen molar-refractivity contribution in [3.8, 4) is 0 Å². The van der Waals surface area contributed by atoms with E-state index in [1.807, 2.05) is 13.8 Å². The first kappa shape index (κ1) is 23.4. The smallest absolute Gasteiger partial charge is 0.325 e. The summed E-state index contributed by atoms with van der Waals surface area (Å²) in [6, 6.07) is -1.02. The number of carbonyl (C=O) groups is 3. The number of ether oxygens (including phenoxy) is 3. The zero-order chi connectivity index (χ0) is 23.3. The summed E-state index contributed by atoms with van der Waals surface area (Å²) in [5, 5.41) is 11.2. The Labute approximate surface area is 187 Å². The summed E-state index contributed by atoms with van der Waals surface area (Å²) in [5.41, 5.74) is -0.733. The fourth-order valence-electron chi connectivity index (χ4n) is 5.79. The second-order valence-electron chi connectivity index (χ2n) is 9.89. The number of amides is 1. The van der Waals surface area contributed by atoms with Crippen molar-refractivity contribution in [1.29, 1.82) is 0 Å². The fourth-order valence-corrected chi connectivity index (χ4v) is 5.79. The Morgan fingerprint density at radius 3 is 2.59 bits per heavy atom. The number of carboxylic acid groups (broad SMARTS) is 1. The Hall–Kier alpha value is -1.75. The minimum absolute atomic E-state index is 0.0302. The van der Waals surface area contributed by atoms with Crippen LogP contribution in [0, 0.1) is 23.7 Å². The lowest BCUT2D eigenvalue weighted by Crippen LogP contribution is -2.70. The van der Waals surface area contributed by atoms with E-state index < -0.39 is 47.9 Å². The van der Waals surface area contributed by atoms with Crippen LogP contribution in [-0.4, -0.2) is 53.0 Å². The zero-order valence-corrected chi connectivity index (χ0v) is 19.0. The maximum absolute atomic E-state index is 12.5. The SMILES string of the molecule is C[C@H]1[C@H](OC(=O)CCC(=O)N[C@H](C)C(=O)O)O[C@@H]2O[C@]3(C)CC[C@H]4[C@H](C)CC[C@@H]1[C@@]24OO3. The molecule has 180 valence electrons. The molecule has 9 atom stereocenters. The third kappa shape index (κ3) is 4.02. The minimum atomic E-state index is -1.14. The second kappa shape index (κ2) is 8.55. The van der Waals surface area contributed by atoms with E-state index in [1.165, 1.54) is 6.92 Å². The summed E-state index contributed by atoms with van der Waals surface area (Å²) in [7, 11) is 0. The van der Waals surface area contributed by atoms with Gasteiger partial charge in [0.1, 0.15) is 6.04 Å². The number of nitrogens with one attached hydrogen (secondary N) is 1. The van der Waals surface area contributed by atoms with E-state index in [1.54, 1.807) is 0 Å². The van der Waals surface area contributed by atoms with E-state index in [9.17, 15) is 14.4 Å². The topological polar surface area (TPSA) is 130 Å². The Balaban J connectivity index is 1.42. The molecule has 32 heavy (non-hydrogen) atoms. The summed E-state index contributed by atoms with van der Waals surface area (Å²) in [5.74, 6) is -2.64. The van der Waals surface area contributed by atoms with Crippen molar-refractivity contribution >= 4 is 17.8 Å². The molecule has 5 rings (SSSR count). The zero-order valence-electron chi connectivity index (χ0n) is 19.0. The molecular weight excluding hydrogens is 422 g/mol. The summed E-state index contributed by atoms with van der Waals surface area (Å²) in [6.45, 7) is 7.39. The summed E-state index contributed by atoms with van der Waals surface area (Å²) >= 11 is 0. The Kier molecular flexibility index (Phi) is 6.26. The van der Waals surface area contributed by atoms with Crippen LogP contribution in [-0.2, 0) is 38.4 Å². The molecule has 1 aliphatic carbocycles. The number of carbonyl (C=O) groups excluding carboxylic acids is 2. The number of hydrogen-bond acceptors (Lipinski definition) is 8. The van der Waals surface area contributed by atoms with Crippen molar-refractivity contribution in [3.05, 3.63) is 0 Å². The van der Waals surface area contributed by atoms with E-state index in [0.29, 0.717) is 12.3 Å². The predicted molar refractivity (Wildman–Crippen MR) is 107 cm³/mol. The van der Waals surface area contributed by atoms with Crippen molar-refractivity contribution < 1.29 is 43.5 Å². The Morgan fingerprint density at radius 1 is 1.12 bits per heavy atom. The molecule has 5 fully saturated rings. The molecule has 10 heteroatoms. The minimum Gasteiger partial charge on any atom is -0.480 e. The average molecular weight is 456 g/mol. The number of rotatable bonds is 6. The van der Waals surface area contributed by atoms with Gasteiger partial charge in [0.25, 0.3) is 0 Å². The van der Waals surface area contributed by atoms with Crippen LogP contribution >= 0.6 is 0 Å². The van der Waals surface area contributed by atoms with Crippen molar-refractivity contribution in [2.24, 2.45) is 23.7 Å².